The summed E-state index contributed by atoms with van der Waals surface area (Å²) in [5.74, 6) is -7.52. The molecule has 1 aliphatic carbocycles. The van der Waals surface area contributed by atoms with Crippen LogP contribution in [0.15, 0.2) is 23.3 Å². The second kappa shape index (κ2) is 20.7. The molecule has 3 N–H and O–H groups in total. The molecule has 4 rings (SSSR count). The van der Waals surface area contributed by atoms with Crippen LogP contribution in [-0.2, 0) is 38.1 Å². The number of nitrogens with zero attached hydrogens (tertiary/aromatic N) is 1. The number of hydrogen-bond acceptors (Lipinski definition) is 11. The fraction of sp³-hybridized carbons (Fsp3) is 0.814. The molecular weight excluding hydrogens is 742 g/mol. The number of methoxy groups -OCH3 is 2. The number of alkyl halides is 1. The Balaban J connectivity index is 1.76. The molecule has 3 fully saturated rings. The van der Waals surface area contributed by atoms with Crippen LogP contribution < -0.4 is 0 Å². The molecule has 2 unspecified atom stereocenters. The number of allylic oxidation sites excluding steroid dienone is 3. The molecule has 4 aliphatic rings. The number of carbonyl (C=O) groups is 4. The number of rotatable bonds is 6. The van der Waals surface area contributed by atoms with Gasteiger partial charge in [-0.05, 0) is 101 Å². The first-order chi connectivity index (χ1) is 26.5. The molecule has 0 aromatic heterocycles. The van der Waals surface area contributed by atoms with Crippen molar-refractivity contribution in [2.24, 2.45) is 35.5 Å². The Morgan fingerprint density at radius 2 is 1.70 bits per heavy atom. The Morgan fingerprint density at radius 1 is 1.02 bits per heavy atom. The van der Waals surface area contributed by atoms with Gasteiger partial charge in [0.2, 0.25) is 5.79 Å². The number of cyclic esters (lactones) is 1. The van der Waals surface area contributed by atoms with Crippen LogP contribution in [-0.4, -0.2) is 119 Å². The Bertz CT molecular complexity index is 1440. The fourth-order valence-corrected chi connectivity index (χ4v) is 9.75. The van der Waals surface area contributed by atoms with Crippen molar-refractivity contribution < 1.29 is 53.4 Å². The first kappa shape index (κ1) is 46.5. The lowest BCUT2D eigenvalue weighted by molar-refractivity contribution is -0.302. The molecule has 13 heteroatoms. The van der Waals surface area contributed by atoms with Gasteiger partial charge in [0.05, 0.1) is 18.3 Å². The van der Waals surface area contributed by atoms with Crippen molar-refractivity contribution in [1.82, 2.24) is 4.90 Å². The summed E-state index contributed by atoms with van der Waals surface area (Å²) in [7, 11) is 3.06. The van der Waals surface area contributed by atoms with E-state index in [1.165, 1.54) is 19.1 Å². The van der Waals surface area contributed by atoms with Gasteiger partial charge in [-0.3, -0.25) is 14.4 Å². The van der Waals surface area contributed by atoms with Crippen molar-refractivity contribution in [2.45, 2.75) is 160 Å². The van der Waals surface area contributed by atoms with E-state index in [-0.39, 0.29) is 61.3 Å². The first-order valence-electron chi connectivity index (χ1n) is 20.8. The van der Waals surface area contributed by atoms with Gasteiger partial charge in [0.1, 0.15) is 24.0 Å². The molecule has 2 bridgehead atoms. The van der Waals surface area contributed by atoms with Gasteiger partial charge >= 0.3 is 5.97 Å². The second-order valence-electron chi connectivity index (χ2n) is 17.3. The van der Waals surface area contributed by atoms with Crippen LogP contribution in [0.5, 0.6) is 0 Å². The number of ketones is 2. The van der Waals surface area contributed by atoms with Crippen molar-refractivity contribution >= 4 is 35.0 Å². The van der Waals surface area contributed by atoms with Gasteiger partial charge in [-0.2, -0.15) is 0 Å². The summed E-state index contributed by atoms with van der Waals surface area (Å²) in [5.41, 5.74) is 1.67. The third-order valence-electron chi connectivity index (χ3n) is 13.0. The van der Waals surface area contributed by atoms with Gasteiger partial charge in [0.25, 0.3) is 11.7 Å². The summed E-state index contributed by atoms with van der Waals surface area (Å²) >= 11 is 6.49. The maximum Gasteiger partial charge on any atom is 0.329 e. The first-order valence-corrected chi connectivity index (χ1v) is 21.3. The predicted octanol–water partition coefficient (Wildman–Crippen LogP) is 5.31. The van der Waals surface area contributed by atoms with Crippen molar-refractivity contribution in [1.29, 1.82) is 0 Å². The maximum absolute atomic E-state index is 14.3. The van der Waals surface area contributed by atoms with E-state index in [1.807, 2.05) is 32.9 Å². The van der Waals surface area contributed by atoms with E-state index < -0.39 is 77.8 Å². The van der Waals surface area contributed by atoms with Gasteiger partial charge in [0.15, 0.2) is 0 Å². The number of halogens is 1. The molecule has 12 nitrogen and oxygen atoms in total. The molecule has 14 atom stereocenters. The Morgan fingerprint density at radius 3 is 2.34 bits per heavy atom. The number of hydrogen-bond donors (Lipinski definition) is 3. The average Bonchev–Trinajstić information content (AvgIpc) is 3.18. The molecular formula is C43H68ClNO11. The summed E-state index contributed by atoms with van der Waals surface area (Å²) in [6.45, 7) is 11.2. The molecule has 3 aliphatic heterocycles. The zero-order valence-corrected chi connectivity index (χ0v) is 35.5. The minimum Gasteiger partial charge on any atom is -0.456 e. The number of amides is 1. The minimum atomic E-state index is -2.50. The predicted molar refractivity (Wildman–Crippen MR) is 211 cm³/mol. The molecule has 2 saturated heterocycles. The number of carbonyl (C=O) groups excluding carboxylic acids is 4. The Kier molecular flexibility index (Phi) is 17.2. The molecule has 3 heterocycles. The maximum atomic E-state index is 14.3. The molecule has 1 amide bonds. The topological polar surface area (TPSA) is 169 Å². The van der Waals surface area contributed by atoms with E-state index in [9.17, 15) is 34.5 Å². The largest absolute Gasteiger partial charge is 0.456 e. The number of piperidine rings is 1. The number of fused-ring (bicyclic) bond motifs is 3. The molecule has 1 saturated carbocycles. The SMILES string of the molecule is CC[C@@H]1/C=C(\C)C[C@H](C)C[C@H](OC)[C@H]2O[C@@](O)(C(=O)C(=O)N3CCCC[C@H]3C(=O)OC(/C(C)=C/[C@@H]3CC[C@H](Cl)[C@H](CO)C3)C(C)[C@@H](O)CC1=O)[C@H](C)C[C@@H]2OC. The standard InChI is InChI=1S/C43H68ClNO11/c1-9-30-17-24(2)16-25(3)18-36(53-7)39-37(54-8)20-27(5)43(52,56-39)40(49)41(50)45-15-11-10-12-33(45)42(51)55-38(28(6)34(47)22-35(30)48)26(4)19-29-13-14-32(44)31(21-29)23-46/h17,19,25,27-34,36-39,46-47,52H,9-16,18,20-23H2,1-8H3/b24-17+,26-19+/t25-,27+,28?,29-,30+,31-,32-,33-,34-,36-,37-,38?,39+,43+/m0/s1. The average molecular weight is 810 g/mol. The van der Waals surface area contributed by atoms with Crippen LogP contribution in [0.1, 0.15) is 112 Å². The van der Waals surface area contributed by atoms with E-state index in [0.29, 0.717) is 50.5 Å². The lowest BCUT2D eigenvalue weighted by atomic mass is 9.79. The third-order valence-corrected chi connectivity index (χ3v) is 13.5. The van der Waals surface area contributed by atoms with E-state index in [2.05, 4.69) is 6.92 Å². The summed E-state index contributed by atoms with van der Waals surface area (Å²) in [4.78, 5) is 57.7. The monoisotopic (exact) mass is 809 g/mol. The number of Topliss-reactive ketones (excluding diaryl/α,β-unsaturated/α-hetero) is 2. The smallest absolute Gasteiger partial charge is 0.329 e. The van der Waals surface area contributed by atoms with Crippen LogP contribution in [0.25, 0.3) is 0 Å². The van der Waals surface area contributed by atoms with Gasteiger partial charge < -0.3 is 39.2 Å². The highest BCUT2D eigenvalue weighted by atomic mass is 35.5. The number of esters is 1. The molecule has 0 aromatic carbocycles. The third kappa shape index (κ3) is 10.9. The normalized spacial score (nSPS) is 41.6. The van der Waals surface area contributed by atoms with E-state index in [0.717, 1.165) is 12.0 Å². The van der Waals surface area contributed by atoms with E-state index in [4.69, 9.17) is 30.5 Å². The zero-order valence-electron chi connectivity index (χ0n) is 34.8. The zero-order chi connectivity index (χ0) is 41.5. The van der Waals surface area contributed by atoms with Crippen LogP contribution in [0, 0.1) is 35.5 Å². The van der Waals surface area contributed by atoms with Crippen molar-refractivity contribution in [3.05, 3.63) is 23.3 Å². The van der Waals surface area contributed by atoms with Crippen molar-refractivity contribution in [3.8, 4) is 0 Å². The van der Waals surface area contributed by atoms with Crippen LogP contribution in [0.4, 0.5) is 0 Å². The fourth-order valence-electron chi connectivity index (χ4n) is 9.45. The highest BCUT2D eigenvalue weighted by Crippen LogP contribution is 2.39. The van der Waals surface area contributed by atoms with Crippen LogP contribution in [0.2, 0.25) is 0 Å². The molecule has 318 valence electrons. The van der Waals surface area contributed by atoms with E-state index in [1.54, 1.807) is 13.8 Å². The number of aliphatic hydroxyl groups excluding tert-OH is 2. The molecule has 0 aromatic rings. The molecule has 0 radical (unpaired) electrons. The van der Waals surface area contributed by atoms with Gasteiger partial charge in [0, 0.05) is 56.9 Å². The summed E-state index contributed by atoms with van der Waals surface area (Å²) in [6.07, 6.45) is 5.05. The number of aliphatic hydroxyl groups is 3. The summed E-state index contributed by atoms with van der Waals surface area (Å²) in [6, 6.07) is -1.13. The minimum absolute atomic E-state index is 0.0364. The number of ether oxygens (including phenoxy) is 4. The van der Waals surface area contributed by atoms with E-state index >= 15 is 0 Å². The van der Waals surface area contributed by atoms with Gasteiger partial charge in [-0.1, -0.05) is 45.4 Å². The van der Waals surface area contributed by atoms with Gasteiger partial charge in [-0.25, -0.2) is 4.79 Å². The Hall–Kier alpha value is -2.19. The highest BCUT2D eigenvalue weighted by Gasteiger charge is 2.56. The van der Waals surface area contributed by atoms with Gasteiger partial charge in [-0.15, -0.1) is 11.6 Å². The quantitative estimate of drug-likeness (QED) is 0.138. The summed E-state index contributed by atoms with van der Waals surface area (Å²) < 4.78 is 24.2. The Labute approximate surface area is 338 Å². The molecule has 56 heavy (non-hydrogen) atoms. The second-order valence-corrected chi connectivity index (χ2v) is 17.8. The molecule has 0 spiro atoms. The van der Waals surface area contributed by atoms with Crippen molar-refractivity contribution in [2.75, 3.05) is 27.4 Å². The van der Waals surface area contributed by atoms with Crippen molar-refractivity contribution in [3.63, 3.8) is 0 Å². The summed E-state index contributed by atoms with van der Waals surface area (Å²) in [5, 5.41) is 33.5. The van der Waals surface area contributed by atoms with Crippen LogP contribution in [0.3, 0.4) is 0 Å². The van der Waals surface area contributed by atoms with Crippen LogP contribution >= 0.6 is 11.6 Å². The lowest BCUT2D eigenvalue weighted by Gasteiger charge is -2.47. The lowest BCUT2D eigenvalue weighted by Crippen LogP contribution is -2.64. The highest BCUT2D eigenvalue weighted by molar-refractivity contribution is 6.39.